The third-order valence-corrected chi connectivity index (χ3v) is 4.42. The summed E-state index contributed by atoms with van der Waals surface area (Å²) < 4.78 is 0. The van der Waals surface area contributed by atoms with E-state index < -0.39 is 5.60 Å². The molecule has 88 valence electrons. The number of β-amino-alcohol motifs (C(OH)–C–C–N with tert-alkyl or cyclic N) is 1. The molecular formula is C12H18N2OS. The van der Waals surface area contributed by atoms with Gasteiger partial charge in [-0.05, 0) is 32.2 Å². The van der Waals surface area contributed by atoms with E-state index in [0.29, 0.717) is 5.92 Å². The van der Waals surface area contributed by atoms with Crippen LogP contribution in [-0.2, 0) is 6.42 Å². The smallest absolute Gasteiger partial charge is 0.0820 e. The molecule has 1 aliphatic heterocycles. The lowest BCUT2D eigenvalue weighted by atomic mass is 9.89. The average Bonchev–Trinajstić information content (AvgIpc) is 3.01. The molecule has 3 nitrogen and oxygen atoms in total. The van der Waals surface area contributed by atoms with Gasteiger partial charge >= 0.3 is 0 Å². The summed E-state index contributed by atoms with van der Waals surface area (Å²) >= 11 is 1.71. The number of piperidine rings is 1. The van der Waals surface area contributed by atoms with Crippen molar-refractivity contribution in [1.29, 1.82) is 0 Å². The van der Waals surface area contributed by atoms with Crippen LogP contribution in [0.1, 0.15) is 42.2 Å². The number of thiazole rings is 1. The van der Waals surface area contributed by atoms with Crippen molar-refractivity contribution in [3.8, 4) is 0 Å². The zero-order chi connectivity index (χ0) is 11.0. The van der Waals surface area contributed by atoms with Crippen LogP contribution in [0.5, 0.6) is 0 Å². The second-order valence-corrected chi connectivity index (χ2v) is 6.06. The van der Waals surface area contributed by atoms with E-state index in [9.17, 15) is 5.11 Å². The highest BCUT2D eigenvalue weighted by atomic mass is 32.1. The number of nitrogens with zero attached hydrogens (tertiary/aromatic N) is 1. The van der Waals surface area contributed by atoms with Gasteiger partial charge in [-0.2, -0.15) is 0 Å². The van der Waals surface area contributed by atoms with Gasteiger partial charge in [0.05, 0.1) is 16.8 Å². The van der Waals surface area contributed by atoms with Crippen molar-refractivity contribution in [1.82, 2.24) is 10.3 Å². The maximum atomic E-state index is 10.5. The highest BCUT2D eigenvalue weighted by Gasteiger charge is 2.34. The summed E-state index contributed by atoms with van der Waals surface area (Å²) in [6, 6.07) is 0. The Morgan fingerprint density at radius 3 is 3.12 bits per heavy atom. The first kappa shape index (κ1) is 10.7. The molecule has 1 saturated heterocycles. The largest absolute Gasteiger partial charge is 0.388 e. The summed E-state index contributed by atoms with van der Waals surface area (Å²) in [4.78, 5) is 5.78. The fraction of sp³-hybridized carbons (Fsp3) is 0.750. The van der Waals surface area contributed by atoms with E-state index in [1.165, 1.54) is 23.4 Å². The first-order valence-electron chi connectivity index (χ1n) is 6.12. The normalized spacial score (nSPS) is 30.6. The van der Waals surface area contributed by atoms with E-state index >= 15 is 0 Å². The van der Waals surface area contributed by atoms with Gasteiger partial charge in [-0.15, -0.1) is 11.3 Å². The Hall–Kier alpha value is -0.450. The summed E-state index contributed by atoms with van der Waals surface area (Å²) in [5.74, 6) is 0.696. The van der Waals surface area contributed by atoms with E-state index in [4.69, 9.17) is 0 Å². The highest BCUT2D eigenvalue weighted by molar-refractivity contribution is 7.09. The Balaban J connectivity index is 1.74. The highest BCUT2D eigenvalue weighted by Crippen LogP contribution is 2.42. The number of aliphatic hydroxyl groups is 1. The molecule has 2 aliphatic rings. The SMILES string of the molecule is OC1(Cc2scnc2C2CC2)CCCNC1. The Bertz CT molecular complexity index is 367. The minimum atomic E-state index is -0.533. The molecule has 0 bridgehead atoms. The van der Waals surface area contributed by atoms with Crippen LogP contribution in [0.2, 0.25) is 0 Å². The predicted molar refractivity (Wildman–Crippen MR) is 64.8 cm³/mol. The first-order chi connectivity index (χ1) is 7.77. The monoisotopic (exact) mass is 238 g/mol. The predicted octanol–water partition coefficient (Wildman–Crippen LogP) is 1.68. The zero-order valence-electron chi connectivity index (χ0n) is 9.41. The summed E-state index contributed by atoms with van der Waals surface area (Å²) in [5, 5.41) is 13.8. The molecule has 4 heteroatoms. The molecule has 0 spiro atoms. The fourth-order valence-electron chi connectivity index (χ4n) is 2.50. The summed E-state index contributed by atoms with van der Waals surface area (Å²) in [5.41, 5.74) is 2.67. The first-order valence-corrected chi connectivity index (χ1v) is 7.00. The number of hydrogen-bond acceptors (Lipinski definition) is 4. The van der Waals surface area contributed by atoms with E-state index in [1.54, 1.807) is 11.3 Å². The van der Waals surface area contributed by atoms with Crippen molar-refractivity contribution < 1.29 is 5.11 Å². The van der Waals surface area contributed by atoms with Crippen LogP contribution in [0.3, 0.4) is 0 Å². The lowest BCUT2D eigenvalue weighted by molar-refractivity contribution is 0.0174. The van der Waals surface area contributed by atoms with Crippen LogP contribution >= 0.6 is 11.3 Å². The quantitative estimate of drug-likeness (QED) is 0.842. The second-order valence-electron chi connectivity index (χ2n) is 5.12. The number of nitrogens with one attached hydrogen (secondary N) is 1. The molecule has 1 atom stereocenters. The number of hydrogen-bond donors (Lipinski definition) is 2. The van der Waals surface area contributed by atoms with Crippen LogP contribution in [0.25, 0.3) is 0 Å². The van der Waals surface area contributed by atoms with Crippen LogP contribution in [0.15, 0.2) is 5.51 Å². The fourth-order valence-corrected chi connectivity index (χ4v) is 3.49. The molecule has 0 aromatic carbocycles. The maximum Gasteiger partial charge on any atom is 0.0820 e. The van der Waals surface area contributed by atoms with Gasteiger partial charge in [0.2, 0.25) is 0 Å². The number of rotatable bonds is 3. The Morgan fingerprint density at radius 1 is 1.56 bits per heavy atom. The van der Waals surface area contributed by atoms with Crippen molar-refractivity contribution in [3.05, 3.63) is 16.1 Å². The van der Waals surface area contributed by atoms with E-state index in [2.05, 4.69) is 10.3 Å². The average molecular weight is 238 g/mol. The van der Waals surface area contributed by atoms with Gasteiger partial charge in [0.15, 0.2) is 0 Å². The molecule has 2 N–H and O–H groups in total. The van der Waals surface area contributed by atoms with Gasteiger partial charge in [0.25, 0.3) is 0 Å². The minimum Gasteiger partial charge on any atom is -0.388 e. The lowest BCUT2D eigenvalue weighted by Gasteiger charge is -2.32. The van der Waals surface area contributed by atoms with E-state index in [-0.39, 0.29) is 0 Å². The van der Waals surface area contributed by atoms with Crippen LogP contribution in [-0.4, -0.2) is 28.8 Å². The Kier molecular flexibility index (Phi) is 2.73. The maximum absolute atomic E-state index is 10.5. The van der Waals surface area contributed by atoms with Gasteiger partial charge in [-0.1, -0.05) is 0 Å². The second kappa shape index (κ2) is 4.09. The molecule has 0 amide bonds. The standard InChI is InChI=1S/C12H18N2OS/c15-12(4-1-5-13-7-12)6-10-11(9-2-3-9)14-8-16-10/h8-9,13,15H,1-7H2. The number of aromatic nitrogens is 1. The van der Waals surface area contributed by atoms with E-state index in [0.717, 1.165) is 32.4 Å². The van der Waals surface area contributed by atoms with Crippen molar-refractivity contribution in [2.24, 2.45) is 0 Å². The Labute approximate surface area is 99.9 Å². The lowest BCUT2D eigenvalue weighted by Crippen LogP contribution is -2.47. The van der Waals surface area contributed by atoms with Gasteiger partial charge in [-0.3, -0.25) is 0 Å². The van der Waals surface area contributed by atoms with Crippen molar-refractivity contribution in [2.45, 2.75) is 43.6 Å². The third kappa shape index (κ3) is 2.14. The topological polar surface area (TPSA) is 45.2 Å². The molecule has 3 rings (SSSR count). The molecule has 1 aliphatic carbocycles. The Morgan fingerprint density at radius 2 is 2.44 bits per heavy atom. The van der Waals surface area contributed by atoms with Crippen LogP contribution in [0, 0.1) is 0 Å². The molecule has 1 aromatic rings. The molecular weight excluding hydrogens is 220 g/mol. The van der Waals surface area contributed by atoms with Gasteiger partial charge in [0.1, 0.15) is 0 Å². The molecule has 2 fully saturated rings. The molecule has 1 aromatic heterocycles. The third-order valence-electron chi connectivity index (χ3n) is 3.58. The molecule has 0 radical (unpaired) electrons. The molecule has 2 heterocycles. The molecule has 1 unspecified atom stereocenters. The summed E-state index contributed by atoms with van der Waals surface area (Å²) in [6.07, 6.45) is 5.35. The van der Waals surface area contributed by atoms with Gasteiger partial charge < -0.3 is 10.4 Å². The van der Waals surface area contributed by atoms with E-state index in [1.807, 2.05) is 5.51 Å². The molecule has 1 saturated carbocycles. The molecule has 16 heavy (non-hydrogen) atoms. The van der Waals surface area contributed by atoms with Crippen molar-refractivity contribution in [2.75, 3.05) is 13.1 Å². The van der Waals surface area contributed by atoms with Gasteiger partial charge in [-0.25, -0.2) is 4.98 Å². The summed E-state index contributed by atoms with van der Waals surface area (Å²) in [7, 11) is 0. The zero-order valence-corrected chi connectivity index (χ0v) is 10.2. The van der Waals surface area contributed by atoms with Gasteiger partial charge in [0, 0.05) is 23.8 Å². The van der Waals surface area contributed by atoms with Crippen LogP contribution in [0.4, 0.5) is 0 Å². The summed E-state index contributed by atoms with van der Waals surface area (Å²) in [6.45, 7) is 1.77. The minimum absolute atomic E-state index is 0.533. The van der Waals surface area contributed by atoms with Crippen molar-refractivity contribution >= 4 is 11.3 Å². The van der Waals surface area contributed by atoms with Crippen LogP contribution < -0.4 is 5.32 Å². The van der Waals surface area contributed by atoms with Crippen molar-refractivity contribution in [3.63, 3.8) is 0 Å².